The zero-order chi connectivity index (χ0) is 30.5. The van der Waals surface area contributed by atoms with E-state index in [1.165, 1.54) is 24.3 Å². The van der Waals surface area contributed by atoms with Crippen molar-refractivity contribution >= 4 is 11.0 Å². The van der Waals surface area contributed by atoms with Crippen LogP contribution in [0.4, 0.5) is 0 Å². The summed E-state index contributed by atoms with van der Waals surface area (Å²) in [4.78, 5) is 13.3. The van der Waals surface area contributed by atoms with E-state index in [0.29, 0.717) is 0 Å². The highest BCUT2D eigenvalue weighted by atomic mass is 16.7. The Balaban J connectivity index is 1.66. The Morgan fingerprint density at radius 3 is 2.10 bits per heavy atom. The predicted octanol–water partition coefficient (Wildman–Crippen LogP) is -2.43. The number of hydrogen-bond donors (Lipinski definition) is 10. The average molecular weight is 596 g/mol. The summed E-state index contributed by atoms with van der Waals surface area (Å²) in [6, 6.07) is 6.38. The van der Waals surface area contributed by atoms with Crippen molar-refractivity contribution in [2.75, 3.05) is 13.2 Å². The molecule has 2 aliphatic heterocycles. The molecule has 3 aromatic rings. The van der Waals surface area contributed by atoms with E-state index in [-0.39, 0.29) is 17.1 Å². The Bertz CT molecular complexity index is 1490. The van der Waals surface area contributed by atoms with E-state index in [4.69, 9.17) is 23.4 Å². The van der Waals surface area contributed by atoms with Crippen molar-refractivity contribution in [2.45, 2.75) is 55.3 Å². The molecule has 2 saturated heterocycles. The lowest BCUT2D eigenvalue weighted by atomic mass is 9.99. The molecule has 16 nitrogen and oxygen atoms in total. The van der Waals surface area contributed by atoms with Crippen LogP contribution in [0.2, 0.25) is 0 Å². The van der Waals surface area contributed by atoms with E-state index in [2.05, 4.69) is 0 Å². The molecule has 5 rings (SSSR count). The highest BCUT2D eigenvalue weighted by Gasteiger charge is 2.46. The van der Waals surface area contributed by atoms with Crippen LogP contribution in [0, 0.1) is 0 Å². The summed E-state index contributed by atoms with van der Waals surface area (Å²) >= 11 is 0. The summed E-state index contributed by atoms with van der Waals surface area (Å²) < 4.78 is 27.3. The molecular formula is C26H28O16. The molecule has 0 spiro atoms. The number of ether oxygens (including phenoxy) is 4. The summed E-state index contributed by atoms with van der Waals surface area (Å²) in [6.07, 6.45) is -15.8. The van der Waals surface area contributed by atoms with E-state index in [9.17, 15) is 55.9 Å². The first kappa shape index (κ1) is 29.8. The first-order valence-electron chi connectivity index (χ1n) is 12.6. The zero-order valence-electron chi connectivity index (χ0n) is 21.4. The van der Waals surface area contributed by atoms with Crippen molar-refractivity contribution in [1.82, 2.24) is 0 Å². The van der Waals surface area contributed by atoms with Gasteiger partial charge in [-0.3, -0.25) is 4.79 Å². The van der Waals surface area contributed by atoms with Crippen LogP contribution in [0.15, 0.2) is 39.5 Å². The first-order valence-corrected chi connectivity index (χ1v) is 12.6. The molecule has 0 radical (unpaired) electrons. The lowest BCUT2D eigenvalue weighted by Gasteiger charge is -2.39. The molecule has 2 aliphatic rings. The van der Waals surface area contributed by atoms with Crippen LogP contribution in [0.5, 0.6) is 28.7 Å². The van der Waals surface area contributed by atoms with Crippen molar-refractivity contribution in [1.29, 1.82) is 0 Å². The second-order valence-electron chi connectivity index (χ2n) is 9.76. The van der Waals surface area contributed by atoms with Gasteiger partial charge in [0.2, 0.25) is 29.8 Å². The lowest BCUT2D eigenvalue weighted by molar-refractivity contribution is -0.277. The summed E-state index contributed by atoms with van der Waals surface area (Å²) in [5.41, 5.74) is -1.23. The lowest BCUT2D eigenvalue weighted by Crippen LogP contribution is -2.60. The molecule has 2 aromatic carbocycles. The molecule has 228 valence electrons. The molecule has 0 amide bonds. The molecule has 0 saturated carbocycles. The number of rotatable bonds is 6. The smallest absolute Gasteiger partial charge is 0.229 e. The van der Waals surface area contributed by atoms with Crippen molar-refractivity contribution in [3.63, 3.8) is 0 Å². The van der Waals surface area contributed by atoms with Crippen LogP contribution in [-0.2, 0) is 9.47 Å². The van der Waals surface area contributed by atoms with Gasteiger partial charge in [0.25, 0.3) is 0 Å². The number of phenolic OH excluding ortho intramolecular Hbond substituents is 3. The molecule has 0 bridgehead atoms. The second-order valence-corrected chi connectivity index (χ2v) is 9.76. The third-order valence-electron chi connectivity index (χ3n) is 6.96. The summed E-state index contributed by atoms with van der Waals surface area (Å²) in [5.74, 6) is -3.99. The Morgan fingerprint density at radius 2 is 1.43 bits per heavy atom. The highest BCUT2D eigenvalue weighted by molar-refractivity contribution is 5.95. The van der Waals surface area contributed by atoms with Crippen LogP contribution in [0.1, 0.15) is 0 Å². The second kappa shape index (κ2) is 11.5. The van der Waals surface area contributed by atoms with Crippen molar-refractivity contribution in [3.05, 3.63) is 40.6 Å². The van der Waals surface area contributed by atoms with E-state index in [0.717, 1.165) is 6.07 Å². The van der Waals surface area contributed by atoms with Gasteiger partial charge in [-0.2, -0.15) is 0 Å². The summed E-state index contributed by atoms with van der Waals surface area (Å²) in [5, 5.41) is 102. The first-order chi connectivity index (χ1) is 19.9. The topological polar surface area (TPSA) is 269 Å². The quantitative estimate of drug-likeness (QED) is 0.142. The maximum absolute atomic E-state index is 13.3. The minimum Gasteiger partial charge on any atom is -0.508 e. The highest BCUT2D eigenvalue weighted by Crippen LogP contribution is 2.51. The van der Waals surface area contributed by atoms with Gasteiger partial charge >= 0.3 is 0 Å². The van der Waals surface area contributed by atoms with Crippen molar-refractivity contribution in [2.24, 2.45) is 0 Å². The molecule has 9 atom stereocenters. The van der Waals surface area contributed by atoms with Gasteiger partial charge in [-0.1, -0.05) is 0 Å². The molecule has 1 aromatic heterocycles. The standard InChI is InChI=1S/C26H28O16/c27-6-13-16(32)18(34)20(36)26(40-13)42-24-21(37)23(41-25-19(35)15(31)11(30)7-38-25)17(33)14-10(29)5-12(39-22(14)24)8-1-3-9(28)4-2-8/h1-5,11,13,15-16,18-20,25-28,30-37H,6-7H2/t11-,13-,15-,16-,18-,19+,20-,25+,26+/m1/s1. The number of aliphatic hydroxyl groups is 7. The monoisotopic (exact) mass is 596 g/mol. The van der Waals surface area contributed by atoms with Crippen LogP contribution >= 0.6 is 0 Å². The third kappa shape index (κ3) is 5.19. The zero-order valence-corrected chi connectivity index (χ0v) is 21.4. The predicted molar refractivity (Wildman–Crippen MR) is 136 cm³/mol. The van der Waals surface area contributed by atoms with Crippen molar-refractivity contribution in [3.8, 4) is 40.1 Å². The number of aromatic hydroxyl groups is 3. The van der Waals surface area contributed by atoms with Gasteiger partial charge in [0.1, 0.15) is 59.6 Å². The number of benzene rings is 2. The van der Waals surface area contributed by atoms with Gasteiger partial charge in [-0.15, -0.1) is 0 Å². The molecule has 42 heavy (non-hydrogen) atoms. The minimum absolute atomic E-state index is 0.0876. The maximum atomic E-state index is 13.3. The van der Waals surface area contributed by atoms with E-state index < -0.39 is 108 Å². The SMILES string of the molecule is O=c1cc(-c2ccc(O)cc2)oc2c(O[C@@H]3O[C@H](CO)[C@@H](O)[C@@H](O)[C@H]3O)c(O)c(O[C@@H]3OC[C@@H](O)[C@@H](O)[C@@H]3O)c(O)c12. The number of hydrogen-bond acceptors (Lipinski definition) is 16. The number of fused-ring (bicyclic) bond motifs is 1. The Morgan fingerprint density at radius 1 is 0.786 bits per heavy atom. The fourth-order valence-corrected chi connectivity index (χ4v) is 4.58. The van der Waals surface area contributed by atoms with Gasteiger partial charge < -0.3 is 74.4 Å². The van der Waals surface area contributed by atoms with Crippen LogP contribution in [0.3, 0.4) is 0 Å². The average Bonchev–Trinajstić information content (AvgIpc) is 2.97. The van der Waals surface area contributed by atoms with Gasteiger partial charge in [0.05, 0.1) is 13.2 Å². The van der Waals surface area contributed by atoms with Gasteiger partial charge in [-0.05, 0) is 24.3 Å². The molecule has 0 unspecified atom stereocenters. The molecular weight excluding hydrogens is 568 g/mol. The fraction of sp³-hybridized carbons (Fsp3) is 0.423. The molecule has 16 heteroatoms. The van der Waals surface area contributed by atoms with Gasteiger partial charge in [-0.25, -0.2) is 0 Å². The van der Waals surface area contributed by atoms with Gasteiger partial charge in [0.15, 0.2) is 16.8 Å². The fourth-order valence-electron chi connectivity index (χ4n) is 4.58. The minimum atomic E-state index is -1.97. The maximum Gasteiger partial charge on any atom is 0.229 e. The summed E-state index contributed by atoms with van der Waals surface area (Å²) in [6.45, 7) is -1.32. The Hall–Kier alpha value is -3.71. The molecule has 2 fully saturated rings. The largest absolute Gasteiger partial charge is 0.508 e. The Kier molecular flexibility index (Phi) is 8.17. The van der Waals surface area contributed by atoms with Crippen molar-refractivity contribution < 1.29 is 74.4 Å². The van der Waals surface area contributed by atoms with Crippen LogP contribution < -0.4 is 14.9 Å². The molecule has 3 heterocycles. The van der Waals surface area contributed by atoms with E-state index >= 15 is 0 Å². The summed E-state index contributed by atoms with van der Waals surface area (Å²) in [7, 11) is 0. The molecule has 0 aliphatic carbocycles. The van der Waals surface area contributed by atoms with Crippen LogP contribution in [-0.4, -0.2) is 120 Å². The van der Waals surface area contributed by atoms with E-state index in [1.807, 2.05) is 0 Å². The van der Waals surface area contributed by atoms with E-state index in [1.54, 1.807) is 0 Å². The normalized spacial score (nSPS) is 31.6. The Labute approximate surface area is 235 Å². The molecule has 10 N–H and O–H groups in total. The number of aliphatic hydroxyl groups excluding tert-OH is 7. The number of phenols is 3. The third-order valence-corrected chi connectivity index (χ3v) is 6.96. The van der Waals surface area contributed by atoms with Crippen LogP contribution in [0.25, 0.3) is 22.3 Å². The van der Waals surface area contributed by atoms with Gasteiger partial charge in [0, 0.05) is 11.6 Å².